The van der Waals surface area contributed by atoms with Crippen molar-refractivity contribution in [2.75, 3.05) is 17.2 Å². The number of aromatic nitrogens is 1. The molecule has 0 radical (unpaired) electrons. The molecule has 8 nitrogen and oxygen atoms in total. The maximum absolute atomic E-state index is 12.8. The van der Waals surface area contributed by atoms with Crippen LogP contribution in [0.2, 0.25) is 0 Å². The van der Waals surface area contributed by atoms with Gasteiger partial charge in [0, 0.05) is 23.7 Å². The van der Waals surface area contributed by atoms with Crippen LogP contribution < -0.4 is 10.6 Å². The number of amides is 4. The van der Waals surface area contributed by atoms with Gasteiger partial charge in [-0.2, -0.15) is 0 Å². The van der Waals surface area contributed by atoms with Gasteiger partial charge >= 0.3 is 0 Å². The predicted molar refractivity (Wildman–Crippen MR) is 117 cm³/mol. The Kier molecular flexibility index (Phi) is 5.59. The molecule has 0 saturated carbocycles. The Balaban J connectivity index is 1.56. The lowest BCUT2D eigenvalue weighted by Crippen LogP contribution is -2.30. The highest BCUT2D eigenvalue weighted by atomic mass is 32.1. The summed E-state index contributed by atoms with van der Waals surface area (Å²) in [6, 6.07) is 11.0. The van der Waals surface area contributed by atoms with Crippen molar-refractivity contribution in [1.29, 1.82) is 0 Å². The minimum absolute atomic E-state index is 0.209. The van der Waals surface area contributed by atoms with Gasteiger partial charge in [0.05, 0.1) is 22.4 Å². The van der Waals surface area contributed by atoms with Gasteiger partial charge < -0.3 is 5.32 Å². The van der Waals surface area contributed by atoms with E-state index in [2.05, 4.69) is 15.6 Å². The minimum atomic E-state index is -0.494. The van der Waals surface area contributed by atoms with Crippen LogP contribution in [0.15, 0.2) is 54.0 Å². The normalized spacial score (nSPS) is 12.6. The summed E-state index contributed by atoms with van der Waals surface area (Å²) >= 11 is 1.28. The van der Waals surface area contributed by atoms with Crippen LogP contribution in [0.5, 0.6) is 0 Å². The van der Waals surface area contributed by atoms with Crippen molar-refractivity contribution < 1.29 is 19.2 Å². The van der Waals surface area contributed by atoms with E-state index in [9.17, 15) is 19.2 Å². The Bertz CT molecular complexity index is 1190. The third-order valence-electron chi connectivity index (χ3n) is 4.75. The van der Waals surface area contributed by atoms with E-state index in [0.717, 1.165) is 0 Å². The van der Waals surface area contributed by atoms with Crippen LogP contribution in [0.4, 0.5) is 10.8 Å². The Labute approximate surface area is 181 Å². The van der Waals surface area contributed by atoms with E-state index in [4.69, 9.17) is 0 Å². The van der Waals surface area contributed by atoms with E-state index >= 15 is 0 Å². The summed E-state index contributed by atoms with van der Waals surface area (Å²) in [5.41, 5.74) is 1.30. The first-order valence-corrected chi connectivity index (χ1v) is 10.5. The molecule has 0 fully saturated rings. The van der Waals surface area contributed by atoms with Crippen LogP contribution in [0.3, 0.4) is 0 Å². The minimum Gasteiger partial charge on any atom is -0.321 e. The molecule has 2 heterocycles. The third-order valence-corrected chi connectivity index (χ3v) is 5.44. The molecular weight excluding hydrogens is 416 g/mol. The first-order valence-electron chi connectivity index (χ1n) is 9.61. The molecule has 4 rings (SSSR count). The standard InChI is InChI=1S/C22H18N4O4S/c1-2-10-26-20(29)14-8-7-13(12-16(14)21(26)30)18(27)24-17-6-4-3-5-15(17)19(28)25-22-23-9-11-31-22/h3-9,11-12H,2,10H2,1H3,(H,24,27)(H,23,25,28). The molecule has 4 amide bonds. The number of fused-ring (bicyclic) bond motifs is 1. The lowest BCUT2D eigenvalue weighted by atomic mass is 10.0. The van der Waals surface area contributed by atoms with Gasteiger partial charge in [0.1, 0.15) is 0 Å². The van der Waals surface area contributed by atoms with Crippen molar-refractivity contribution in [3.8, 4) is 0 Å². The fourth-order valence-electron chi connectivity index (χ4n) is 3.29. The zero-order valence-electron chi connectivity index (χ0n) is 16.5. The van der Waals surface area contributed by atoms with Gasteiger partial charge in [-0.25, -0.2) is 4.98 Å². The second kappa shape index (κ2) is 8.49. The van der Waals surface area contributed by atoms with Crippen LogP contribution in [0, 0.1) is 0 Å². The molecule has 31 heavy (non-hydrogen) atoms. The van der Waals surface area contributed by atoms with Gasteiger partial charge in [-0.3, -0.25) is 29.4 Å². The van der Waals surface area contributed by atoms with E-state index in [1.54, 1.807) is 35.8 Å². The molecule has 0 aliphatic carbocycles. The second-order valence-electron chi connectivity index (χ2n) is 6.81. The van der Waals surface area contributed by atoms with Gasteiger partial charge in [-0.15, -0.1) is 11.3 Å². The number of thiazole rings is 1. The molecule has 2 aromatic carbocycles. The van der Waals surface area contributed by atoms with Crippen molar-refractivity contribution in [2.24, 2.45) is 0 Å². The zero-order valence-corrected chi connectivity index (χ0v) is 17.4. The summed E-state index contributed by atoms with van der Waals surface area (Å²) in [7, 11) is 0. The predicted octanol–water partition coefficient (Wildman–Crippen LogP) is 3.65. The summed E-state index contributed by atoms with van der Waals surface area (Å²) in [6.45, 7) is 2.21. The Morgan fingerprint density at radius 2 is 1.77 bits per heavy atom. The van der Waals surface area contributed by atoms with E-state index in [0.29, 0.717) is 29.3 Å². The number of nitrogens with zero attached hydrogens (tertiary/aromatic N) is 2. The maximum Gasteiger partial charge on any atom is 0.261 e. The van der Waals surface area contributed by atoms with E-state index in [1.807, 2.05) is 6.92 Å². The fourth-order valence-corrected chi connectivity index (χ4v) is 3.82. The van der Waals surface area contributed by atoms with Crippen molar-refractivity contribution in [3.63, 3.8) is 0 Å². The summed E-state index contributed by atoms with van der Waals surface area (Å²) in [5.74, 6) is -1.65. The number of nitrogens with one attached hydrogen (secondary N) is 2. The molecule has 0 unspecified atom stereocenters. The monoisotopic (exact) mass is 434 g/mol. The quantitative estimate of drug-likeness (QED) is 0.576. The van der Waals surface area contributed by atoms with Crippen molar-refractivity contribution in [1.82, 2.24) is 9.88 Å². The Hall–Kier alpha value is -3.85. The molecule has 0 saturated heterocycles. The molecule has 0 atom stereocenters. The number of carbonyl (C=O) groups excluding carboxylic acids is 4. The second-order valence-corrected chi connectivity index (χ2v) is 7.71. The van der Waals surface area contributed by atoms with E-state index < -0.39 is 17.7 Å². The van der Waals surface area contributed by atoms with Crippen molar-refractivity contribution in [3.05, 3.63) is 76.3 Å². The average molecular weight is 434 g/mol. The van der Waals surface area contributed by atoms with Crippen LogP contribution in [0.25, 0.3) is 0 Å². The molecular formula is C22H18N4O4S. The van der Waals surface area contributed by atoms with Gasteiger partial charge in [0.15, 0.2) is 5.13 Å². The summed E-state index contributed by atoms with van der Waals surface area (Å²) in [5, 5.41) is 7.59. The lowest BCUT2D eigenvalue weighted by molar-refractivity contribution is 0.0654. The lowest BCUT2D eigenvalue weighted by Gasteiger charge is -2.11. The number of imide groups is 1. The third kappa shape index (κ3) is 3.95. The van der Waals surface area contributed by atoms with Gasteiger partial charge in [0.25, 0.3) is 23.6 Å². The largest absolute Gasteiger partial charge is 0.321 e. The summed E-state index contributed by atoms with van der Waals surface area (Å²) in [6.07, 6.45) is 2.23. The molecule has 1 aliphatic rings. The van der Waals surface area contributed by atoms with E-state index in [-0.39, 0.29) is 22.6 Å². The number of hydrogen-bond donors (Lipinski definition) is 2. The zero-order chi connectivity index (χ0) is 22.0. The van der Waals surface area contributed by atoms with Crippen LogP contribution in [-0.2, 0) is 0 Å². The number of anilines is 2. The Morgan fingerprint density at radius 3 is 2.52 bits per heavy atom. The molecule has 156 valence electrons. The first kappa shape index (κ1) is 20.4. The number of rotatable bonds is 6. The summed E-state index contributed by atoms with van der Waals surface area (Å²) < 4.78 is 0. The summed E-state index contributed by atoms with van der Waals surface area (Å²) in [4.78, 5) is 55.6. The number of hydrogen-bond acceptors (Lipinski definition) is 6. The van der Waals surface area contributed by atoms with Crippen LogP contribution in [-0.4, -0.2) is 40.1 Å². The van der Waals surface area contributed by atoms with Crippen LogP contribution >= 0.6 is 11.3 Å². The maximum atomic E-state index is 12.8. The van der Waals surface area contributed by atoms with E-state index in [1.165, 1.54) is 34.4 Å². The van der Waals surface area contributed by atoms with Gasteiger partial charge in [-0.1, -0.05) is 19.1 Å². The van der Waals surface area contributed by atoms with Crippen LogP contribution in [0.1, 0.15) is 54.8 Å². The molecule has 9 heteroatoms. The molecule has 0 spiro atoms. The Morgan fingerprint density at radius 1 is 1.00 bits per heavy atom. The van der Waals surface area contributed by atoms with Crippen molar-refractivity contribution in [2.45, 2.75) is 13.3 Å². The average Bonchev–Trinajstić information content (AvgIpc) is 3.36. The van der Waals surface area contributed by atoms with Gasteiger partial charge in [-0.05, 0) is 36.8 Å². The highest BCUT2D eigenvalue weighted by Crippen LogP contribution is 2.25. The topological polar surface area (TPSA) is 108 Å². The molecule has 3 aromatic rings. The SMILES string of the molecule is CCCN1C(=O)c2ccc(C(=O)Nc3ccccc3C(=O)Nc3nccs3)cc2C1=O. The molecule has 1 aromatic heterocycles. The molecule has 0 bridgehead atoms. The number of carbonyl (C=O) groups is 4. The van der Waals surface area contributed by atoms with Crippen molar-refractivity contribution >= 4 is 45.8 Å². The molecule has 1 aliphatic heterocycles. The smallest absolute Gasteiger partial charge is 0.261 e. The fraction of sp³-hybridized carbons (Fsp3) is 0.136. The number of para-hydroxylation sites is 1. The number of benzene rings is 2. The molecule has 2 N–H and O–H groups in total. The van der Waals surface area contributed by atoms with Gasteiger partial charge in [0.2, 0.25) is 0 Å². The highest BCUT2D eigenvalue weighted by molar-refractivity contribution is 7.13. The first-order chi connectivity index (χ1) is 15.0. The highest BCUT2D eigenvalue weighted by Gasteiger charge is 2.35.